The number of imidazole rings is 1. The molecular formula is C11H10N4O3. The Bertz CT molecular complexity index is 592. The van der Waals surface area contributed by atoms with Gasteiger partial charge in [-0.3, -0.25) is 5.32 Å². The molecule has 0 bridgehead atoms. The second kappa shape index (κ2) is 4.66. The zero-order valence-electron chi connectivity index (χ0n) is 9.53. The Kier molecular flexibility index (Phi) is 3.05. The Hall–Kier alpha value is -2.70. The number of benzene rings is 1. The maximum absolute atomic E-state index is 11.9. The average molecular weight is 246 g/mol. The highest BCUT2D eigenvalue weighted by Crippen LogP contribution is 2.15. The van der Waals surface area contributed by atoms with Gasteiger partial charge in [-0.05, 0) is 17.1 Å². The van der Waals surface area contributed by atoms with Gasteiger partial charge in [-0.25, -0.2) is 9.78 Å². The number of hydrogen-bond donors (Lipinski definition) is 1. The molecule has 92 valence electrons. The standard InChI is InChI=1S/C11H10N4O3/c1-8-12-7-10(15(17)18)14(8)11(16)13-9-5-3-2-4-6-9/h2-7H,1H3,(H,13,16). The van der Waals surface area contributed by atoms with Crippen molar-refractivity contribution in [3.63, 3.8) is 0 Å². The van der Waals surface area contributed by atoms with Gasteiger partial charge in [-0.15, -0.1) is 4.57 Å². The smallest absolute Gasteiger partial charge is 0.358 e. The highest BCUT2D eigenvalue weighted by atomic mass is 16.6. The summed E-state index contributed by atoms with van der Waals surface area (Å²) in [6.07, 6.45) is 1.06. The van der Waals surface area contributed by atoms with Gasteiger partial charge in [0.05, 0.1) is 0 Å². The number of aryl methyl sites for hydroxylation is 1. The topological polar surface area (TPSA) is 90.1 Å². The largest absolute Gasteiger partial charge is 0.419 e. The number of nitrogens with one attached hydrogen (secondary N) is 1. The van der Waals surface area contributed by atoms with E-state index in [0.29, 0.717) is 5.69 Å². The van der Waals surface area contributed by atoms with Gasteiger partial charge in [-0.2, -0.15) is 0 Å². The summed E-state index contributed by atoms with van der Waals surface area (Å²) in [5, 5.41) is 13.3. The van der Waals surface area contributed by atoms with Gasteiger partial charge in [-0.1, -0.05) is 18.2 Å². The maximum atomic E-state index is 11.9. The van der Waals surface area contributed by atoms with Crippen LogP contribution in [0.3, 0.4) is 0 Å². The molecule has 2 rings (SSSR count). The summed E-state index contributed by atoms with van der Waals surface area (Å²) in [6.45, 7) is 1.53. The molecule has 1 heterocycles. The molecular weight excluding hydrogens is 236 g/mol. The van der Waals surface area contributed by atoms with Crippen LogP contribution in [-0.2, 0) is 0 Å². The van der Waals surface area contributed by atoms with Crippen LogP contribution in [0.2, 0.25) is 0 Å². The number of para-hydroxylation sites is 1. The molecule has 0 spiro atoms. The molecule has 0 radical (unpaired) electrons. The van der Waals surface area contributed by atoms with Crippen LogP contribution in [0.4, 0.5) is 16.3 Å². The lowest BCUT2D eigenvalue weighted by atomic mass is 10.3. The Labute approximate surface area is 102 Å². The van der Waals surface area contributed by atoms with E-state index < -0.39 is 11.0 Å². The van der Waals surface area contributed by atoms with Crippen LogP contribution in [0.1, 0.15) is 5.82 Å². The van der Waals surface area contributed by atoms with Crippen molar-refractivity contribution in [2.24, 2.45) is 0 Å². The zero-order chi connectivity index (χ0) is 13.1. The number of carbonyl (C=O) groups is 1. The van der Waals surface area contributed by atoms with E-state index in [2.05, 4.69) is 10.3 Å². The normalized spacial score (nSPS) is 10.1. The van der Waals surface area contributed by atoms with Crippen molar-refractivity contribution >= 4 is 17.5 Å². The third-order valence-corrected chi connectivity index (χ3v) is 2.33. The number of carbonyl (C=O) groups excluding carboxylic acids is 1. The Morgan fingerprint density at radius 2 is 2.06 bits per heavy atom. The summed E-state index contributed by atoms with van der Waals surface area (Å²) in [6, 6.07) is 8.09. The highest BCUT2D eigenvalue weighted by molar-refractivity contribution is 5.92. The molecule has 0 aliphatic heterocycles. The molecule has 0 unspecified atom stereocenters. The van der Waals surface area contributed by atoms with Crippen molar-refractivity contribution in [2.75, 3.05) is 5.32 Å². The summed E-state index contributed by atoms with van der Waals surface area (Å²) in [5.74, 6) is -0.101. The molecule has 1 aromatic carbocycles. The number of nitro groups is 1. The fraction of sp³-hybridized carbons (Fsp3) is 0.0909. The highest BCUT2D eigenvalue weighted by Gasteiger charge is 2.24. The molecule has 2 aromatic rings. The van der Waals surface area contributed by atoms with Crippen molar-refractivity contribution in [1.29, 1.82) is 0 Å². The summed E-state index contributed by atoms with van der Waals surface area (Å²) in [7, 11) is 0. The predicted molar refractivity (Wildman–Crippen MR) is 64.5 cm³/mol. The molecule has 0 atom stereocenters. The van der Waals surface area contributed by atoms with E-state index in [-0.39, 0.29) is 11.6 Å². The van der Waals surface area contributed by atoms with Crippen LogP contribution in [0.5, 0.6) is 0 Å². The lowest BCUT2D eigenvalue weighted by Gasteiger charge is -2.03. The Balaban J connectivity index is 2.29. The van der Waals surface area contributed by atoms with Gasteiger partial charge in [0.2, 0.25) is 5.82 Å². The first-order valence-corrected chi connectivity index (χ1v) is 5.14. The minimum absolute atomic E-state index is 0.259. The van der Waals surface area contributed by atoms with E-state index in [1.807, 2.05) is 0 Å². The van der Waals surface area contributed by atoms with Gasteiger partial charge in [0.15, 0.2) is 0 Å². The zero-order valence-corrected chi connectivity index (χ0v) is 9.53. The van der Waals surface area contributed by atoms with E-state index >= 15 is 0 Å². The Morgan fingerprint density at radius 1 is 1.39 bits per heavy atom. The average Bonchev–Trinajstić information content (AvgIpc) is 2.72. The van der Waals surface area contributed by atoms with E-state index in [0.717, 1.165) is 10.8 Å². The van der Waals surface area contributed by atoms with Gasteiger partial charge >= 0.3 is 11.8 Å². The van der Waals surface area contributed by atoms with Crippen LogP contribution in [-0.4, -0.2) is 20.5 Å². The SMILES string of the molecule is Cc1ncc([N+](=O)[O-])n1C(=O)Nc1ccccc1. The molecule has 0 aliphatic carbocycles. The molecule has 0 saturated heterocycles. The third kappa shape index (κ3) is 2.19. The molecule has 18 heavy (non-hydrogen) atoms. The Morgan fingerprint density at radius 3 is 2.67 bits per heavy atom. The van der Waals surface area contributed by atoms with Crippen molar-refractivity contribution in [3.8, 4) is 0 Å². The van der Waals surface area contributed by atoms with E-state index in [1.54, 1.807) is 30.3 Å². The second-order valence-corrected chi connectivity index (χ2v) is 3.55. The molecule has 0 saturated carbocycles. The minimum Gasteiger partial charge on any atom is -0.358 e. The first-order valence-electron chi connectivity index (χ1n) is 5.14. The number of aromatic nitrogens is 2. The molecule has 7 heteroatoms. The molecule has 1 aromatic heterocycles. The molecule has 1 amide bonds. The number of nitrogens with zero attached hydrogens (tertiary/aromatic N) is 3. The van der Waals surface area contributed by atoms with Crippen LogP contribution < -0.4 is 5.32 Å². The van der Waals surface area contributed by atoms with Crippen LogP contribution in [0, 0.1) is 17.0 Å². The summed E-state index contributed by atoms with van der Waals surface area (Å²) in [5.41, 5.74) is 0.560. The van der Waals surface area contributed by atoms with E-state index in [4.69, 9.17) is 0 Å². The van der Waals surface area contributed by atoms with E-state index in [9.17, 15) is 14.9 Å². The first-order chi connectivity index (χ1) is 8.59. The second-order valence-electron chi connectivity index (χ2n) is 3.55. The fourth-order valence-electron chi connectivity index (χ4n) is 1.51. The molecule has 0 fully saturated rings. The maximum Gasteiger partial charge on any atom is 0.419 e. The van der Waals surface area contributed by atoms with Crippen molar-refractivity contribution in [2.45, 2.75) is 6.92 Å². The number of rotatable bonds is 2. The summed E-state index contributed by atoms with van der Waals surface area (Å²) < 4.78 is 0.924. The quantitative estimate of drug-likeness (QED) is 0.649. The van der Waals surface area contributed by atoms with Gasteiger partial charge in [0.1, 0.15) is 6.20 Å². The van der Waals surface area contributed by atoms with Crippen LogP contribution >= 0.6 is 0 Å². The molecule has 7 nitrogen and oxygen atoms in total. The van der Waals surface area contributed by atoms with Crippen molar-refractivity contribution in [1.82, 2.24) is 9.55 Å². The molecule has 1 N–H and O–H groups in total. The van der Waals surface area contributed by atoms with Gasteiger partial charge < -0.3 is 10.1 Å². The minimum atomic E-state index is -0.648. The molecule has 0 aliphatic rings. The van der Waals surface area contributed by atoms with Crippen LogP contribution in [0.15, 0.2) is 36.5 Å². The van der Waals surface area contributed by atoms with Gasteiger partial charge in [0, 0.05) is 12.6 Å². The summed E-state index contributed by atoms with van der Waals surface area (Å²) >= 11 is 0. The van der Waals surface area contributed by atoms with Crippen molar-refractivity contribution in [3.05, 3.63) is 52.5 Å². The predicted octanol–water partition coefficient (Wildman–Crippen LogP) is 2.18. The number of amides is 1. The lowest BCUT2D eigenvalue weighted by Crippen LogP contribution is -2.22. The number of hydrogen-bond acceptors (Lipinski definition) is 4. The third-order valence-electron chi connectivity index (χ3n) is 2.33. The van der Waals surface area contributed by atoms with Gasteiger partial charge in [0.25, 0.3) is 0 Å². The summed E-state index contributed by atoms with van der Waals surface area (Å²) in [4.78, 5) is 25.8. The van der Waals surface area contributed by atoms with E-state index in [1.165, 1.54) is 6.92 Å². The van der Waals surface area contributed by atoms with Crippen LogP contribution in [0.25, 0.3) is 0 Å². The van der Waals surface area contributed by atoms with Crippen molar-refractivity contribution < 1.29 is 9.72 Å². The fourth-order valence-corrected chi connectivity index (χ4v) is 1.51. The monoisotopic (exact) mass is 246 g/mol. The lowest BCUT2D eigenvalue weighted by molar-refractivity contribution is -0.390. The number of anilines is 1. The first kappa shape index (κ1) is 11.8.